The minimum absolute atomic E-state index is 0.262. The third-order valence-corrected chi connectivity index (χ3v) is 3.65. The normalized spacial score (nSPS) is 13.2. The molecule has 1 aromatic rings. The third kappa shape index (κ3) is 4.64. The average molecular weight is 241 g/mol. The van der Waals surface area contributed by atoms with Crippen molar-refractivity contribution in [2.24, 2.45) is 0 Å². The summed E-state index contributed by atoms with van der Waals surface area (Å²) in [5, 5.41) is 13.4. The number of thiophene rings is 1. The smallest absolute Gasteiger partial charge is 0.0558 e. The number of hydrogen-bond acceptors (Lipinski definition) is 3. The van der Waals surface area contributed by atoms with Crippen LogP contribution in [0.3, 0.4) is 0 Å². The molecule has 2 nitrogen and oxygen atoms in total. The van der Waals surface area contributed by atoms with Gasteiger partial charge in [-0.1, -0.05) is 13.3 Å². The van der Waals surface area contributed by atoms with Crippen molar-refractivity contribution >= 4 is 11.3 Å². The summed E-state index contributed by atoms with van der Waals surface area (Å²) in [5.74, 6) is 0. The molecule has 3 heteroatoms. The summed E-state index contributed by atoms with van der Waals surface area (Å²) in [7, 11) is 0. The standard InChI is InChI=1S/C13H23NOS/c1-3-4-6-14(7-8-15)12(2)10-13-5-9-16-11-13/h5,9,11-12,15H,3-4,6-8,10H2,1-2H3. The molecule has 1 heterocycles. The Balaban J connectivity index is 2.42. The van der Waals surface area contributed by atoms with Crippen LogP contribution in [0.1, 0.15) is 32.3 Å². The van der Waals surface area contributed by atoms with Crippen LogP contribution in [0.2, 0.25) is 0 Å². The van der Waals surface area contributed by atoms with Crippen LogP contribution in [0.15, 0.2) is 16.8 Å². The number of aliphatic hydroxyl groups excluding tert-OH is 1. The van der Waals surface area contributed by atoms with Gasteiger partial charge in [-0.15, -0.1) is 0 Å². The highest BCUT2D eigenvalue weighted by molar-refractivity contribution is 7.07. The Bertz CT molecular complexity index is 261. The van der Waals surface area contributed by atoms with E-state index in [4.69, 9.17) is 5.11 Å². The lowest BCUT2D eigenvalue weighted by atomic mass is 10.1. The zero-order valence-electron chi connectivity index (χ0n) is 10.4. The van der Waals surface area contributed by atoms with Crippen molar-refractivity contribution in [2.45, 2.75) is 39.2 Å². The van der Waals surface area contributed by atoms with E-state index in [0.717, 1.165) is 19.5 Å². The Hall–Kier alpha value is -0.380. The van der Waals surface area contributed by atoms with Crippen LogP contribution >= 0.6 is 11.3 Å². The van der Waals surface area contributed by atoms with Crippen LogP contribution in [-0.4, -0.2) is 35.7 Å². The molecule has 0 aliphatic rings. The average Bonchev–Trinajstić information content (AvgIpc) is 2.76. The number of nitrogens with zero attached hydrogens (tertiary/aromatic N) is 1. The first-order chi connectivity index (χ1) is 7.77. The maximum Gasteiger partial charge on any atom is 0.0558 e. The predicted octanol–water partition coefficient (Wildman–Crippen LogP) is 2.77. The van der Waals surface area contributed by atoms with Crippen LogP contribution < -0.4 is 0 Å². The molecule has 0 saturated heterocycles. The zero-order chi connectivity index (χ0) is 11.8. The number of unbranched alkanes of at least 4 members (excludes halogenated alkanes) is 1. The first kappa shape index (κ1) is 13.7. The van der Waals surface area contributed by atoms with Gasteiger partial charge >= 0.3 is 0 Å². The summed E-state index contributed by atoms with van der Waals surface area (Å²) in [6.07, 6.45) is 3.52. The van der Waals surface area contributed by atoms with E-state index >= 15 is 0 Å². The minimum atomic E-state index is 0.262. The quantitative estimate of drug-likeness (QED) is 0.756. The molecule has 0 amide bonds. The summed E-state index contributed by atoms with van der Waals surface area (Å²) < 4.78 is 0. The van der Waals surface area contributed by atoms with Gasteiger partial charge in [-0.05, 0) is 48.7 Å². The lowest BCUT2D eigenvalue weighted by Crippen LogP contribution is -2.37. The second-order valence-electron chi connectivity index (χ2n) is 4.30. The highest BCUT2D eigenvalue weighted by Gasteiger charge is 2.13. The van der Waals surface area contributed by atoms with Gasteiger partial charge in [0.15, 0.2) is 0 Å². The van der Waals surface area contributed by atoms with Gasteiger partial charge in [0, 0.05) is 12.6 Å². The minimum Gasteiger partial charge on any atom is -0.395 e. The van der Waals surface area contributed by atoms with Gasteiger partial charge in [0.1, 0.15) is 0 Å². The Labute approximate surface area is 103 Å². The van der Waals surface area contributed by atoms with E-state index in [0.29, 0.717) is 6.04 Å². The van der Waals surface area contributed by atoms with E-state index in [1.54, 1.807) is 11.3 Å². The van der Waals surface area contributed by atoms with Gasteiger partial charge in [0.05, 0.1) is 6.61 Å². The molecule has 0 spiro atoms. The fourth-order valence-electron chi connectivity index (χ4n) is 1.92. The summed E-state index contributed by atoms with van der Waals surface area (Å²) in [6.45, 7) is 6.62. The van der Waals surface area contributed by atoms with Crippen molar-refractivity contribution in [3.63, 3.8) is 0 Å². The highest BCUT2D eigenvalue weighted by Crippen LogP contribution is 2.12. The van der Waals surface area contributed by atoms with E-state index in [2.05, 4.69) is 35.6 Å². The summed E-state index contributed by atoms with van der Waals surface area (Å²) in [4.78, 5) is 2.39. The number of hydrogen-bond donors (Lipinski definition) is 1. The van der Waals surface area contributed by atoms with Crippen LogP contribution in [-0.2, 0) is 6.42 Å². The van der Waals surface area contributed by atoms with Gasteiger partial charge in [-0.2, -0.15) is 11.3 Å². The Morgan fingerprint density at radius 1 is 1.44 bits per heavy atom. The van der Waals surface area contributed by atoms with E-state index < -0.39 is 0 Å². The molecule has 0 fully saturated rings. The summed E-state index contributed by atoms with van der Waals surface area (Å²) in [5.41, 5.74) is 1.41. The third-order valence-electron chi connectivity index (χ3n) is 2.92. The van der Waals surface area contributed by atoms with Gasteiger partial charge < -0.3 is 5.11 Å². The van der Waals surface area contributed by atoms with Gasteiger partial charge in [-0.3, -0.25) is 4.90 Å². The molecule has 0 aliphatic carbocycles. The highest BCUT2D eigenvalue weighted by atomic mass is 32.1. The SMILES string of the molecule is CCCCN(CCO)C(C)Cc1ccsc1. The molecule has 1 unspecified atom stereocenters. The van der Waals surface area contributed by atoms with Crippen LogP contribution in [0, 0.1) is 0 Å². The maximum atomic E-state index is 9.07. The molecule has 1 aromatic heterocycles. The fraction of sp³-hybridized carbons (Fsp3) is 0.692. The predicted molar refractivity (Wildman–Crippen MR) is 71.1 cm³/mol. The summed E-state index contributed by atoms with van der Waals surface area (Å²) in [6, 6.07) is 2.71. The Kier molecular flexibility index (Phi) is 6.69. The first-order valence-electron chi connectivity index (χ1n) is 6.14. The van der Waals surface area contributed by atoms with Crippen LogP contribution in [0.25, 0.3) is 0 Å². The van der Waals surface area contributed by atoms with Gasteiger partial charge in [0.25, 0.3) is 0 Å². The molecular weight excluding hydrogens is 218 g/mol. The molecule has 1 rings (SSSR count). The topological polar surface area (TPSA) is 23.5 Å². The van der Waals surface area contributed by atoms with Crippen LogP contribution in [0.4, 0.5) is 0 Å². The van der Waals surface area contributed by atoms with Crippen molar-refractivity contribution in [2.75, 3.05) is 19.7 Å². The number of rotatable bonds is 8. The monoisotopic (exact) mass is 241 g/mol. The molecule has 0 aromatic carbocycles. The molecule has 0 saturated carbocycles. The van der Waals surface area contributed by atoms with Crippen LogP contribution in [0.5, 0.6) is 0 Å². The molecule has 16 heavy (non-hydrogen) atoms. The Morgan fingerprint density at radius 3 is 2.81 bits per heavy atom. The molecule has 1 N–H and O–H groups in total. The second-order valence-corrected chi connectivity index (χ2v) is 5.08. The van der Waals surface area contributed by atoms with Crippen molar-refractivity contribution in [3.8, 4) is 0 Å². The lowest BCUT2D eigenvalue weighted by Gasteiger charge is -2.28. The number of aliphatic hydroxyl groups is 1. The summed E-state index contributed by atoms with van der Waals surface area (Å²) >= 11 is 1.76. The molecule has 0 radical (unpaired) electrons. The molecule has 1 atom stereocenters. The Morgan fingerprint density at radius 2 is 2.25 bits per heavy atom. The van der Waals surface area contributed by atoms with Crippen molar-refractivity contribution in [1.29, 1.82) is 0 Å². The zero-order valence-corrected chi connectivity index (χ0v) is 11.2. The molecule has 0 aliphatic heterocycles. The largest absolute Gasteiger partial charge is 0.395 e. The van der Waals surface area contributed by atoms with E-state index in [1.807, 2.05) is 0 Å². The molecule has 92 valence electrons. The lowest BCUT2D eigenvalue weighted by molar-refractivity contribution is 0.155. The second kappa shape index (κ2) is 7.82. The van der Waals surface area contributed by atoms with E-state index in [9.17, 15) is 0 Å². The van der Waals surface area contributed by atoms with E-state index in [1.165, 1.54) is 18.4 Å². The van der Waals surface area contributed by atoms with Crippen molar-refractivity contribution in [3.05, 3.63) is 22.4 Å². The first-order valence-corrected chi connectivity index (χ1v) is 7.08. The molecule has 0 bridgehead atoms. The maximum absolute atomic E-state index is 9.07. The van der Waals surface area contributed by atoms with Crippen molar-refractivity contribution in [1.82, 2.24) is 4.90 Å². The molecular formula is C13H23NOS. The van der Waals surface area contributed by atoms with E-state index in [-0.39, 0.29) is 6.61 Å². The van der Waals surface area contributed by atoms with Gasteiger partial charge in [0.2, 0.25) is 0 Å². The fourth-order valence-corrected chi connectivity index (χ4v) is 2.60. The van der Waals surface area contributed by atoms with Crippen molar-refractivity contribution < 1.29 is 5.11 Å². The van der Waals surface area contributed by atoms with Gasteiger partial charge in [-0.25, -0.2) is 0 Å².